The van der Waals surface area contributed by atoms with E-state index < -0.39 is 10.0 Å². The quantitative estimate of drug-likeness (QED) is 0.736. The highest BCUT2D eigenvalue weighted by Crippen LogP contribution is 2.26. The molecular weight excluding hydrogens is 398 g/mol. The van der Waals surface area contributed by atoms with E-state index in [0.717, 1.165) is 24.8 Å². The Balaban J connectivity index is 1.84. The van der Waals surface area contributed by atoms with E-state index in [4.69, 9.17) is 11.6 Å². The van der Waals surface area contributed by atoms with E-state index >= 15 is 0 Å². The normalized spacial score (nSPS) is 16.7. The second-order valence-electron chi connectivity index (χ2n) is 7.28. The van der Waals surface area contributed by atoms with E-state index in [0.29, 0.717) is 23.8 Å². The van der Waals surface area contributed by atoms with Gasteiger partial charge in [0.2, 0.25) is 10.0 Å². The van der Waals surface area contributed by atoms with Crippen LogP contribution in [0.2, 0.25) is 5.02 Å². The first-order valence-corrected chi connectivity index (χ1v) is 11.2. The van der Waals surface area contributed by atoms with Gasteiger partial charge in [-0.2, -0.15) is 4.31 Å². The van der Waals surface area contributed by atoms with Crippen LogP contribution in [0, 0.1) is 0 Å². The molecule has 6 nitrogen and oxygen atoms in total. The number of halogens is 1. The number of hydrogen-bond acceptors (Lipinski definition) is 3. The molecule has 152 valence electrons. The van der Waals surface area contributed by atoms with Gasteiger partial charge in [-0.25, -0.2) is 8.42 Å². The minimum atomic E-state index is -3.58. The fourth-order valence-corrected chi connectivity index (χ4v) is 5.28. The molecular formula is C20H26ClN3O3S. The zero-order valence-electron chi connectivity index (χ0n) is 16.4. The van der Waals surface area contributed by atoms with Gasteiger partial charge < -0.3 is 9.47 Å². The first kappa shape index (κ1) is 20.9. The van der Waals surface area contributed by atoms with Crippen LogP contribution >= 0.6 is 11.6 Å². The molecule has 0 radical (unpaired) electrons. The van der Waals surface area contributed by atoms with Crippen molar-refractivity contribution in [2.75, 3.05) is 20.1 Å². The molecule has 0 N–H and O–H groups in total. The van der Waals surface area contributed by atoms with Gasteiger partial charge >= 0.3 is 0 Å². The van der Waals surface area contributed by atoms with Crippen LogP contribution in [0.15, 0.2) is 41.4 Å². The maximum absolute atomic E-state index is 13.0. The van der Waals surface area contributed by atoms with E-state index in [9.17, 15) is 13.2 Å². The van der Waals surface area contributed by atoms with Crippen molar-refractivity contribution < 1.29 is 13.2 Å². The fraction of sp³-hybridized carbons (Fsp3) is 0.450. The number of rotatable bonds is 5. The molecule has 1 saturated heterocycles. The second kappa shape index (κ2) is 8.27. The van der Waals surface area contributed by atoms with Gasteiger partial charge in [0.25, 0.3) is 5.91 Å². The molecule has 28 heavy (non-hydrogen) atoms. The highest BCUT2D eigenvalue weighted by molar-refractivity contribution is 7.89. The summed E-state index contributed by atoms with van der Waals surface area (Å²) in [6, 6.07) is 8.65. The summed E-state index contributed by atoms with van der Waals surface area (Å²) in [5.74, 6) is -0.241. The smallest absolute Gasteiger partial charge is 0.270 e. The predicted molar refractivity (Wildman–Crippen MR) is 110 cm³/mol. The number of carbonyl (C=O) groups excluding carboxylic acids is 1. The van der Waals surface area contributed by atoms with E-state index in [-0.39, 0.29) is 16.8 Å². The lowest BCUT2D eigenvalue weighted by Gasteiger charge is -2.26. The molecule has 1 aliphatic heterocycles. The van der Waals surface area contributed by atoms with Crippen LogP contribution in [0.4, 0.5) is 0 Å². The van der Waals surface area contributed by atoms with Crippen LogP contribution in [0.5, 0.6) is 0 Å². The minimum absolute atomic E-state index is 0.170. The van der Waals surface area contributed by atoms with Crippen molar-refractivity contribution in [3.05, 3.63) is 52.8 Å². The zero-order valence-corrected chi connectivity index (χ0v) is 18.0. The van der Waals surface area contributed by atoms with Gasteiger partial charge in [-0.15, -0.1) is 0 Å². The van der Waals surface area contributed by atoms with E-state index in [1.807, 2.05) is 25.1 Å². The number of aryl methyl sites for hydroxylation is 1. The molecule has 1 aromatic carbocycles. The molecule has 1 atom stereocenters. The lowest BCUT2D eigenvalue weighted by molar-refractivity contribution is 0.0733. The molecule has 0 saturated carbocycles. The van der Waals surface area contributed by atoms with Crippen LogP contribution in [-0.4, -0.2) is 48.2 Å². The second-order valence-corrected chi connectivity index (χ2v) is 9.66. The van der Waals surface area contributed by atoms with Gasteiger partial charge in [0.15, 0.2) is 0 Å². The van der Waals surface area contributed by atoms with Gasteiger partial charge in [0.1, 0.15) is 10.6 Å². The Morgan fingerprint density at radius 2 is 1.86 bits per heavy atom. The van der Waals surface area contributed by atoms with Crippen LogP contribution in [0.1, 0.15) is 48.3 Å². The molecule has 8 heteroatoms. The van der Waals surface area contributed by atoms with Crippen molar-refractivity contribution in [1.29, 1.82) is 0 Å². The van der Waals surface area contributed by atoms with Gasteiger partial charge in [0.05, 0.1) is 6.04 Å². The van der Waals surface area contributed by atoms with Gasteiger partial charge in [-0.3, -0.25) is 4.79 Å². The largest absolute Gasteiger partial charge is 0.345 e. The third-order valence-corrected chi connectivity index (χ3v) is 7.48. The summed E-state index contributed by atoms with van der Waals surface area (Å²) in [6.07, 6.45) is 4.32. The highest BCUT2D eigenvalue weighted by atomic mass is 35.5. The zero-order chi connectivity index (χ0) is 20.5. The predicted octanol–water partition coefficient (Wildman–Crippen LogP) is 3.69. The van der Waals surface area contributed by atoms with Crippen molar-refractivity contribution in [3.8, 4) is 0 Å². The number of carbonyl (C=O) groups is 1. The lowest BCUT2D eigenvalue weighted by Crippen LogP contribution is -2.35. The molecule has 2 aromatic rings. The molecule has 0 spiro atoms. The molecule has 2 heterocycles. The average Bonchev–Trinajstić information content (AvgIpc) is 3.09. The highest BCUT2D eigenvalue weighted by Gasteiger charge is 2.29. The summed E-state index contributed by atoms with van der Waals surface area (Å²) in [5.41, 5.74) is 1.26. The van der Waals surface area contributed by atoms with E-state index in [1.165, 1.54) is 16.6 Å². The number of hydrogen-bond donors (Lipinski definition) is 0. The van der Waals surface area contributed by atoms with E-state index in [1.54, 1.807) is 29.6 Å². The number of sulfonamides is 1. The van der Waals surface area contributed by atoms with Crippen molar-refractivity contribution in [3.63, 3.8) is 0 Å². The van der Waals surface area contributed by atoms with Crippen molar-refractivity contribution >= 4 is 27.5 Å². The summed E-state index contributed by atoms with van der Waals surface area (Å²) in [6.45, 7) is 2.98. The van der Waals surface area contributed by atoms with E-state index in [2.05, 4.69) is 0 Å². The third kappa shape index (κ3) is 4.11. The monoisotopic (exact) mass is 423 g/mol. The number of nitrogens with zero attached hydrogens (tertiary/aromatic N) is 3. The summed E-state index contributed by atoms with van der Waals surface area (Å²) in [4.78, 5) is 14.8. The molecule has 1 amide bonds. The Kier molecular flexibility index (Phi) is 6.17. The van der Waals surface area contributed by atoms with Crippen LogP contribution in [0.3, 0.4) is 0 Å². The molecule has 1 aromatic heterocycles. The molecule has 0 bridgehead atoms. The SMILES string of the molecule is CC(c1cccc(Cl)c1)N(C)C(=O)c1cc(S(=O)(=O)N2CCCCC2)cn1C. The lowest BCUT2D eigenvalue weighted by atomic mass is 10.1. The maximum atomic E-state index is 13.0. The van der Waals surface area contributed by atoms with Crippen molar-refractivity contribution in [2.45, 2.75) is 37.1 Å². The average molecular weight is 424 g/mol. The Morgan fingerprint density at radius 1 is 1.18 bits per heavy atom. The standard InChI is InChI=1S/C20H26ClN3O3S/c1-15(16-8-7-9-17(21)12-16)23(3)20(25)19-13-18(14-22(19)2)28(26,27)24-10-5-4-6-11-24/h7-9,12-15H,4-6,10-11H2,1-3H3. The Hall–Kier alpha value is -1.83. The number of piperidine rings is 1. The first-order chi connectivity index (χ1) is 13.2. The van der Waals surface area contributed by atoms with Crippen molar-refractivity contribution in [1.82, 2.24) is 13.8 Å². The van der Waals surface area contributed by atoms with Crippen LogP contribution < -0.4 is 0 Å². The minimum Gasteiger partial charge on any atom is -0.345 e. The summed E-state index contributed by atoms with van der Waals surface area (Å²) >= 11 is 6.06. The Morgan fingerprint density at radius 3 is 2.50 bits per heavy atom. The third-order valence-electron chi connectivity index (χ3n) is 5.38. The van der Waals surface area contributed by atoms with Gasteiger partial charge in [0, 0.05) is 38.4 Å². The van der Waals surface area contributed by atoms with Gasteiger partial charge in [-0.05, 0) is 43.5 Å². The molecule has 1 fully saturated rings. The molecule has 1 aliphatic rings. The topological polar surface area (TPSA) is 62.6 Å². The summed E-state index contributed by atoms with van der Waals surface area (Å²) in [7, 11) is -0.174. The fourth-order valence-electron chi connectivity index (χ4n) is 3.49. The number of aromatic nitrogens is 1. The Bertz CT molecular complexity index is 965. The summed E-state index contributed by atoms with van der Waals surface area (Å²) in [5, 5.41) is 0.610. The van der Waals surface area contributed by atoms with Crippen LogP contribution in [-0.2, 0) is 17.1 Å². The molecule has 0 aliphatic carbocycles. The first-order valence-electron chi connectivity index (χ1n) is 9.41. The summed E-state index contributed by atoms with van der Waals surface area (Å²) < 4.78 is 28.9. The van der Waals surface area contributed by atoms with Crippen molar-refractivity contribution in [2.24, 2.45) is 7.05 Å². The molecule has 1 unspecified atom stereocenters. The maximum Gasteiger partial charge on any atom is 0.270 e. The van der Waals surface area contributed by atoms with Gasteiger partial charge in [-0.1, -0.05) is 30.2 Å². The number of benzene rings is 1. The Labute approximate surface area is 171 Å². The number of amides is 1. The van der Waals surface area contributed by atoms with Crippen LogP contribution in [0.25, 0.3) is 0 Å². The molecule has 3 rings (SSSR count).